The molecule has 4 rings (SSSR count). The standard InChI is InChI=1S/C32H42F2N2O4/c1-4-10-23-17-24(20-28(40-5-2)29(23)22-13-14-22)21(3)36(31(39)35-27-18-25(19-27)30(37)38)16-9-15-32(33,34)26-11-7-6-8-12-26/h6-8,11-12,17,20-22,25,27H,4-5,9-10,13-16,18-19H2,1-3H3,(H,35,39)(H,37,38)/t21-,25?,27?/m1/s1. The number of urea groups is 1. The number of carboxylic acids is 1. The fourth-order valence-corrected chi connectivity index (χ4v) is 5.68. The largest absolute Gasteiger partial charge is 0.494 e. The normalized spacial score (nSPS) is 19.4. The van der Waals surface area contributed by atoms with Gasteiger partial charge in [-0.1, -0.05) is 49.7 Å². The summed E-state index contributed by atoms with van der Waals surface area (Å²) in [6.07, 6.45) is 4.66. The van der Waals surface area contributed by atoms with Crippen LogP contribution in [0, 0.1) is 5.92 Å². The number of amides is 2. The van der Waals surface area contributed by atoms with Crippen molar-refractivity contribution in [2.24, 2.45) is 5.92 Å². The Kier molecular flexibility index (Phi) is 9.69. The molecule has 0 bridgehead atoms. The van der Waals surface area contributed by atoms with Crippen molar-refractivity contribution in [3.05, 3.63) is 64.7 Å². The van der Waals surface area contributed by atoms with Gasteiger partial charge in [-0.25, -0.2) is 13.6 Å². The summed E-state index contributed by atoms with van der Waals surface area (Å²) >= 11 is 0. The summed E-state index contributed by atoms with van der Waals surface area (Å²) in [6.45, 7) is 6.70. The Labute approximate surface area is 236 Å². The summed E-state index contributed by atoms with van der Waals surface area (Å²) < 4.78 is 36.0. The topological polar surface area (TPSA) is 78.9 Å². The molecule has 2 aliphatic carbocycles. The predicted molar refractivity (Wildman–Crippen MR) is 151 cm³/mol. The van der Waals surface area contributed by atoms with Gasteiger partial charge in [0, 0.05) is 30.1 Å². The molecule has 6 nitrogen and oxygen atoms in total. The van der Waals surface area contributed by atoms with Crippen molar-refractivity contribution in [1.82, 2.24) is 10.2 Å². The van der Waals surface area contributed by atoms with Gasteiger partial charge in [-0.2, -0.15) is 0 Å². The lowest BCUT2D eigenvalue weighted by Gasteiger charge is -2.37. The molecule has 2 aromatic carbocycles. The minimum Gasteiger partial charge on any atom is -0.494 e. The fourth-order valence-electron chi connectivity index (χ4n) is 5.68. The third-order valence-electron chi connectivity index (χ3n) is 8.17. The van der Waals surface area contributed by atoms with E-state index >= 15 is 0 Å². The van der Waals surface area contributed by atoms with Crippen LogP contribution in [0.15, 0.2) is 42.5 Å². The van der Waals surface area contributed by atoms with Crippen LogP contribution in [0.1, 0.15) is 99.9 Å². The molecule has 0 aliphatic heterocycles. The fraction of sp³-hybridized carbons (Fsp3) is 0.562. The van der Waals surface area contributed by atoms with Crippen LogP contribution in [0.25, 0.3) is 0 Å². The molecule has 0 unspecified atom stereocenters. The molecule has 2 amide bonds. The zero-order valence-corrected chi connectivity index (χ0v) is 23.8. The van der Waals surface area contributed by atoms with Gasteiger partial charge in [-0.3, -0.25) is 4.79 Å². The highest BCUT2D eigenvalue weighted by atomic mass is 19.3. The smallest absolute Gasteiger partial charge is 0.318 e. The lowest BCUT2D eigenvalue weighted by Crippen LogP contribution is -2.52. The third kappa shape index (κ3) is 7.12. The Balaban J connectivity index is 1.56. The minimum atomic E-state index is -3.00. The molecule has 0 heterocycles. The van der Waals surface area contributed by atoms with Crippen molar-refractivity contribution < 1.29 is 28.2 Å². The van der Waals surface area contributed by atoms with Crippen molar-refractivity contribution in [3.8, 4) is 5.75 Å². The van der Waals surface area contributed by atoms with Crippen molar-refractivity contribution >= 4 is 12.0 Å². The van der Waals surface area contributed by atoms with E-state index in [0.717, 1.165) is 37.0 Å². The third-order valence-corrected chi connectivity index (χ3v) is 8.17. The van der Waals surface area contributed by atoms with Gasteiger partial charge in [0.05, 0.1) is 18.6 Å². The Morgan fingerprint density at radius 2 is 1.85 bits per heavy atom. The molecule has 8 heteroatoms. The van der Waals surface area contributed by atoms with Crippen LogP contribution in [-0.4, -0.2) is 41.2 Å². The number of nitrogens with one attached hydrogen (secondary N) is 1. The number of benzene rings is 2. The lowest BCUT2D eigenvalue weighted by atomic mass is 9.80. The highest BCUT2D eigenvalue weighted by Gasteiger charge is 2.37. The summed E-state index contributed by atoms with van der Waals surface area (Å²) in [6, 6.07) is 11.0. The quantitative estimate of drug-likeness (QED) is 0.254. The van der Waals surface area contributed by atoms with E-state index in [1.165, 1.54) is 23.3 Å². The van der Waals surface area contributed by atoms with Crippen LogP contribution in [0.4, 0.5) is 13.6 Å². The van der Waals surface area contributed by atoms with Gasteiger partial charge < -0.3 is 20.1 Å². The van der Waals surface area contributed by atoms with Crippen LogP contribution in [-0.2, 0) is 17.1 Å². The highest BCUT2D eigenvalue weighted by Crippen LogP contribution is 2.47. The molecule has 1 atom stereocenters. The molecule has 0 spiro atoms. The Morgan fingerprint density at radius 1 is 1.15 bits per heavy atom. The highest BCUT2D eigenvalue weighted by molar-refractivity contribution is 5.76. The first-order valence-electron chi connectivity index (χ1n) is 14.7. The molecule has 40 heavy (non-hydrogen) atoms. The second-order valence-corrected chi connectivity index (χ2v) is 11.2. The Morgan fingerprint density at radius 3 is 2.45 bits per heavy atom. The van der Waals surface area contributed by atoms with E-state index in [-0.39, 0.29) is 43.1 Å². The number of hydrogen-bond donors (Lipinski definition) is 2. The molecular formula is C32H42F2N2O4. The summed E-state index contributed by atoms with van der Waals surface area (Å²) in [5.74, 6) is -2.95. The summed E-state index contributed by atoms with van der Waals surface area (Å²) in [5.41, 5.74) is 3.39. The summed E-state index contributed by atoms with van der Waals surface area (Å²) in [5, 5.41) is 12.2. The number of nitrogens with zero attached hydrogens (tertiary/aromatic N) is 1. The van der Waals surface area contributed by atoms with E-state index < -0.39 is 17.8 Å². The van der Waals surface area contributed by atoms with E-state index in [9.17, 15) is 23.5 Å². The molecule has 218 valence electrons. The Bertz CT molecular complexity index is 1140. The molecule has 0 saturated heterocycles. The number of aliphatic carboxylic acids is 1. The van der Waals surface area contributed by atoms with E-state index in [1.54, 1.807) is 23.1 Å². The molecular weight excluding hydrogens is 514 g/mol. The van der Waals surface area contributed by atoms with Crippen molar-refractivity contribution in [2.45, 2.75) is 96.1 Å². The first-order valence-corrected chi connectivity index (χ1v) is 14.7. The SMILES string of the molecule is CCCc1cc([C@@H](C)N(CCCC(F)(F)c2ccccc2)C(=O)NC2CC(C(=O)O)C2)cc(OCC)c1C1CC1. The minimum absolute atomic E-state index is 0.0329. The molecule has 2 aromatic rings. The van der Waals surface area contributed by atoms with Gasteiger partial charge in [-0.15, -0.1) is 0 Å². The van der Waals surface area contributed by atoms with Gasteiger partial charge in [-0.05, 0) is 75.5 Å². The zero-order chi connectivity index (χ0) is 28.9. The summed E-state index contributed by atoms with van der Waals surface area (Å²) in [7, 11) is 0. The van der Waals surface area contributed by atoms with Gasteiger partial charge in [0.1, 0.15) is 5.75 Å². The van der Waals surface area contributed by atoms with Gasteiger partial charge in [0.25, 0.3) is 5.92 Å². The Hall–Kier alpha value is -3.16. The number of carbonyl (C=O) groups excluding carboxylic acids is 1. The second-order valence-electron chi connectivity index (χ2n) is 11.2. The van der Waals surface area contributed by atoms with Crippen LogP contribution in [0.3, 0.4) is 0 Å². The van der Waals surface area contributed by atoms with Crippen LogP contribution < -0.4 is 10.1 Å². The van der Waals surface area contributed by atoms with Crippen molar-refractivity contribution in [2.75, 3.05) is 13.2 Å². The van der Waals surface area contributed by atoms with E-state index in [1.807, 2.05) is 19.9 Å². The summed E-state index contributed by atoms with van der Waals surface area (Å²) in [4.78, 5) is 26.4. The zero-order valence-electron chi connectivity index (χ0n) is 23.8. The van der Waals surface area contributed by atoms with E-state index in [2.05, 4.69) is 18.3 Å². The van der Waals surface area contributed by atoms with Gasteiger partial charge in [0.15, 0.2) is 0 Å². The molecule has 2 N–H and O–H groups in total. The van der Waals surface area contributed by atoms with Crippen molar-refractivity contribution in [1.29, 1.82) is 0 Å². The molecule has 2 fully saturated rings. The number of halogens is 2. The van der Waals surface area contributed by atoms with E-state index in [4.69, 9.17) is 4.74 Å². The lowest BCUT2D eigenvalue weighted by molar-refractivity contribution is -0.145. The predicted octanol–water partition coefficient (Wildman–Crippen LogP) is 7.42. The van der Waals surface area contributed by atoms with E-state index in [0.29, 0.717) is 25.4 Å². The maximum absolute atomic E-state index is 14.9. The number of ether oxygens (including phenoxy) is 1. The number of aryl methyl sites for hydroxylation is 1. The molecule has 2 aliphatic rings. The first-order chi connectivity index (χ1) is 19.1. The average molecular weight is 557 g/mol. The number of alkyl halides is 2. The number of hydrogen-bond acceptors (Lipinski definition) is 3. The van der Waals surface area contributed by atoms with Gasteiger partial charge >= 0.3 is 12.0 Å². The maximum atomic E-state index is 14.9. The average Bonchev–Trinajstić information content (AvgIpc) is 3.74. The monoisotopic (exact) mass is 556 g/mol. The number of carboxylic acid groups (broad SMARTS) is 1. The maximum Gasteiger partial charge on any atom is 0.318 e. The second kappa shape index (κ2) is 13.0. The van der Waals surface area contributed by atoms with Crippen LogP contribution in [0.5, 0.6) is 5.75 Å². The van der Waals surface area contributed by atoms with Crippen molar-refractivity contribution in [3.63, 3.8) is 0 Å². The molecule has 2 saturated carbocycles. The number of carbonyl (C=O) groups is 2. The van der Waals surface area contributed by atoms with Gasteiger partial charge in [0.2, 0.25) is 0 Å². The van der Waals surface area contributed by atoms with Crippen LogP contribution >= 0.6 is 0 Å². The molecule has 0 radical (unpaired) electrons. The number of rotatable bonds is 14. The first kappa shape index (κ1) is 29.8. The molecule has 0 aromatic heterocycles. The van der Waals surface area contributed by atoms with Crippen LogP contribution in [0.2, 0.25) is 0 Å².